The summed E-state index contributed by atoms with van der Waals surface area (Å²) in [5.74, 6) is -1.06. The number of carbonyl (C=O) groups is 1. The molecule has 2 N–H and O–H groups in total. The molecule has 0 amide bonds. The molecule has 0 spiro atoms. The predicted octanol–water partition coefficient (Wildman–Crippen LogP) is 5.63. The number of hydrogen-bond acceptors (Lipinski definition) is 4. The third kappa shape index (κ3) is 5.01. The Morgan fingerprint density at radius 1 is 0.833 bits per heavy atom. The second kappa shape index (κ2) is 10.8. The van der Waals surface area contributed by atoms with Crippen LogP contribution in [0, 0.1) is 0 Å². The van der Waals surface area contributed by atoms with Crippen LogP contribution in [-0.4, -0.2) is 16.2 Å². The summed E-state index contributed by atoms with van der Waals surface area (Å²) >= 11 is 1.53. The van der Waals surface area contributed by atoms with E-state index in [2.05, 4.69) is 20.8 Å². The molecular weight excluding hydrogens is 419 g/mol. The number of phenols is 2. The highest BCUT2D eigenvalue weighted by Crippen LogP contribution is 2.41. The Bertz CT molecular complexity index is 555. The van der Waals surface area contributed by atoms with Gasteiger partial charge in [-0.3, -0.25) is 0 Å². The van der Waals surface area contributed by atoms with E-state index in [1.54, 1.807) is 0 Å². The smallest absolute Gasteiger partial charge is 0.351 e. The molecule has 0 saturated heterocycles. The molecule has 0 bridgehead atoms. The van der Waals surface area contributed by atoms with E-state index in [1.807, 2.05) is 0 Å². The van der Waals surface area contributed by atoms with E-state index in [0.717, 1.165) is 61.6 Å². The van der Waals surface area contributed by atoms with Crippen molar-refractivity contribution in [3.8, 4) is 11.5 Å². The second-order valence-electron chi connectivity index (χ2n) is 6.18. The van der Waals surface area contributed by atoms with Crippen molar-refractivity contribution in [2.75, 3.05) is 0 Å². The second-order valence-corrected chi connectivity index (χ2v) is 6.62. The molecule has 0 unspecified atom stereocenters. The van der Waals surface area contributed by atoms with Crippen molar-refractivity contribution in [3.05, 3.63) is 22.3 Å². The monoisotopic (exact) mass is 448 g/mol. The SMILES string of the molecule is CCCCc1c(O)c(O)c(C(=O)OI)c(CCCC)c1CCCC. The average molecular weight is 448 g/mol. The van der Waals surface area contributed by atoms with Gasteiger partial charge in [0.05, 0.1) is 0 Å². The van der Waals surface area contributed by atoms with Crippen LogP contribution in [0.25, 0.3) is 0 Å². The number of hydrogen-bond donors (Lipinski definition) is 2. The maximum absolute atomic E-state index is 12.2. The van der Waals surface area contributed by atoms with Gasteiger partial charge in [0.15, 0.2) is 34.5 Å². The third-order valence-electron chi connectivity index (χ3n) is 4.39. The number of phenolic OH excluding ortho intramolecular Hbond substituents is 2. The van der Waals surface area contributed by atoms with Crippen molar-refractivity contribution >= 4 is 29.0 Å². The van der Waals surface area contributed by atoms with Gasteiger partial charge in [0.1, 0.15) is 5.56 Å². The zero-order valence-corrected chi connectivity index (χ0v) is 17.1. The highest BCUT2D eigenvalue weighted by atomic mass is 127. The number of unbranched alkanes of at least 4 members (excludes halogenated alkanes) is 3. The summed E-state index contributed by atoms with van der Waals surface area (Å²) in [6, 6.07) is 0. The summed E-state index contributed by atoms with van der Waals surface area (Å²) < 4.78 is 4.83. The van der Waals surface area contributed by atoms with Gasteiger partial charge in [0.25, 0.3) is 0 Å². The molecule has 0 aliphatic heterocycles. The molecule has 0 saturated carbocycles. The number of carbonyl (C=O) groups excluding carboxylic acids is 1. The van der Waals surface area contributed by atoms with Crippen molar-refractivity contribution in [2.45, 2.75) is 78.6 Å². The van der Waals surface area contributed by atoms with Crippen LogP contribution in [-0.2, 0) is 22.3 Å². The van der Waals surface area contributed by atoms with Gasteiger partial charge in [-0.05, 0) is 49.7 Å². The molecule has 5 heteroatoms. The van der Waals surface area contributed by atoms with Crippen molar-refractivity contribution in [2.24, 2.45) is 0 Å². The molecule has 1 aromatic carbocycles. The average Bonchev–Trinajstić information content (AvgIpc) is 2.59. The highest BCUT2D eigenvalue weighted by molar-refractivity contribution is 14.1. The van der Waals surface area contributed by atoms with Gasteiger partial charge < -0.3 is 13.3 Å². The Morgan fingerprint density at radius 2 is 1.29 bits per heavy atom. The van der Waals surface area contributed by atoms with Crippen LogP contribution in [0.15, 0.2) is 0 Å². The van der Waals surface area contributed by atoms with Crippen molar-refractivity contribution < 1.29 is 18.1 Å². The first-order chi connectivity index (χ1) is 11.5. The van der Waals surface area contributed by atoms with Gasteiger partial charge in [-0.15, -0.1) is 0 Å². The van der Waals surface area contributed by atoms with Crippen LogP contribution in [0.4, 0.5) is 0 Å². The largest absolute Gasteiger partial charge is 0.504 e. The summed E-state index contributed by atoms with van der Waals surface area (Å²) in [5, 5.41) is 21.0. The van der Waals surface area contributed by atoms with E-state index in [0.29, 0.717) is 12.8 Å². The van der Waals surface area contributed by atoms with E-state index in [-0.39, 0.29) is 17.1 Å². The lowest BCUT2D eigenvalue weighted by Gasteiger charge is -2.21. The zero-order valence-electron chi connectivity index (χ0n) is 15.0. The Kier molecular flexibility index (Phi) is 9.48. The zero-order chi connectivity index (χ0) is 18.1. The van der Waals surface area contributed by atoms with Gasteiger partial charge in [-0.1, -0.05) is 40.0 Å². The fourth-order valence-electron chi connectivity index (χ4n) is 3.05. The first-order valence-electron chi connectivity index (χ1n) is 8.94. The quantitative estimate of drug-likeness (QED) is 0.360. The van der Waals surface area contributed by atoms with Gasteiger partial charge >= 0.3 is 5.97 Å². The van der Waals surface area contributed by atoms with E-state index in [1.165, 1.54) is 23.0 Å². The first kappa shape index (κ1) is 21.1. The molecule has 4 nitrogen and oxygen atoms in total. The molecule has 24 heavy (non-hydrogen) atoms. The minimum absolute atomic E-state index is 0.140. The van der Waals surface area contributed by atoms with E-state index < -0.39 is 5.97 Å². The number of rotatable bonds is 10. The van der Waals surface area contributed by atoms with Gasteiger partial charge in [-0.2, -0.15) is 0 Å². The van der Waals surface area contributed by atoms with E-state index in [9.17, 15) is 15.0 Å². The fraction of sp³-hybridized carbons (Fsp3) is 0.632. The summed E-state index contributed by atoms with van der Waals surface area (Å²) in [6.45, 7) is 6.32. The number of halogens is 1. The maximum Gasteiger partial charge on any atom is 0.351 e. The molecular formula is C19H29IO4. The van der Waals surface area contributed by atoms with Crippen LogP contribution in [0.5, 0.6) is 11.5 Å². The lowest BCUT2D eigenvalue weighted by atomic mass is 9.86. The molecule has 1 rings (SSSR count). The summed E-state index contributed by atoms with van der Waals surface area (Å²) in [7, 11) is 0. The fourth-order valence-corrected chi connectivity index (χ4v) is 3.27. The molecule has 0 aliphatic carbocycles. The molecule has 1 aromatic rings. The minimum Gasteiger partial charge on any atom is -0.504 e. The lowest BCUT2D eigenvalue weighted by molar-refractivity contribution is 0.0795. The van der Waals surface area contributed by atoms with Gasteiger partial charge in [0, 0.05) is 5.56 Å². The standard InChI is InChI=1S/C19H29IO4/c1-4-7-10-13-14(11-8-5-2)16(19(23)24-20)18(22)17(21)15(13)12-9-6-3/h21-22H,4-12H2,1-3H3. The Morgan fingerprint density at radius 3 is 1.75 bits per heavy atom. The van der Waals surface area contributed by atoms with E-state index >= 15 is 0 Å². The van der Waals surface area contributed by atoms with Crippen LogP contribution < -0.4 is 0 Å². The van der Waals surface area contributed by atoms with Crippen molar-refractivity contribution in [1.82, 2.24) is 0 Å². The third-order valence-corrected chi connectivity index (χ3v) is 4.79. The van der Waals surface area contributed by atoms with E-state index in [4.69, 9.17) is 3.07 Å². The number of benzene rings is 1. The van der Waals surface area contributed by atoms with Crippen molar-refractivity contribution in [1.29, 1.82) is 0 Å². The molecule has 0 aromatic heterocycles. The highest BCUT2D eigenvalue weighted by Gasteiger charge is 2.27. The molecule has 136 valence electrons. The van der Waals surface area contributed by atoms with Crippen molar-refractivity contribution in [3.63, 3.8) is 0 Å². The predicted molar refractivity (Wildman–Crippen MR) is 105 cm³/mol. The molecule has 0 atom stereocenters. The topological polar surface area (TPSA) is 66.8 Å². The van der Waals surface area contributed by atoms with Gasteiger partial charge in [-0.25, -0.2) is 4.79 Å². The summed E-state index contributed by atoms with van der Waals surface area (Å²) in [5.41, 5.74) is 2.83. The molecule has 0 aliphatic rings. The Hall–Kier alpha value is -0.980. The normalized spacial score (nSPS) is 10.8. The lowest BCUT2D eigenvalue weighted by Crippen LogP contribution is -2.11. The number of aromatic hydroxyl groups is 2. The van der Waals surface area contributed by atoms with Crippen LogP contribution in [0.2, 0.25) is 0 Å². The minimum atomic E-state index is -0.589. The summed E-state index contributed by atoms with van der Waals surface area (Å²) in [6.07, 6.45) is 8.14. The molecule has 0 heterocycles. The van der Waals surface area contributed by atoms with Gasteiger partial charge in [0.2, 0.25) is 0 Å². The molecule has 0 radical (unpaired) electrons. The maximum atomic E-state index is 12.2. The Balaban J connectivity index is 3.58. The first-order valence-corrected chi connectivity index (χ1v) is 9.82. The Labute approximate surface area is 159 Å². The van der Waals surface area contributed by atoms with Crippen LogP contribution in [0.1, 0.15) is 86.3 Å². The van der Waals surface area contributed by atoms with Crippen LogP contribution >= 0.6 is 23.0 Å². The summed E-state index contributed by atoms with van der Waals surface area (Å²) in [4.78, 5) is 12.2. The van der Waals surface area contributed by atoms with Crippen LogP contribution in [0.3, 0.4) is 0 Å². The molecule has 0 fully saturated rings.